The van der Waals surface area contributed by atoms with E-state index in [1.165, 1.54) is 11.8 Å². The number of thioether (sulfide) groups is 1. The molecule has 7 nitrogen and oxygen atoms in total. The number of nitriles is 1. The van der Waals surface area contributed by atoms with Crippen molar-refractivity contribution in [2.75, 3.05) is 30.0 Å². The average molecular weight is 376 g/mol. The fraction of sp³-hybridized carbons (Fsp3) is 0.250. The van der Waals surface area contributed by atoms with Crippen LogP contribution in [0.4, 0.5) is 10.7 Å². The zero-order valence-electron chi connectivity index (χ0n) is 13.7. The Hall–Kier alpha value is -2.57. The molecule has 2 rings (SSSR count). The van der Waals surface area contributed by atoms with Crippen LogP contribution in [0.1, 0.15) is 16.1 Å². The van der Waals surface area contributed by atoms with Gasteiger partial charge in [0.15, 0.2) is 6.61 Å². The highest BCUT2D eigenvalue weighted by atomic mass is 32.2. The molecule has 0 aliphatic heterocycles. The first-order valence-corrected chi connectivity index (χ1v) is 9.02. The van der Waals surface area contributed by atoms with Gasteiger partial charge in [0, 0.05) is 11.9 Å². The molecular weight excluding hydrogens is 360 g/mol. The Morgan fingerprint density at radius 3 is 2.88 bits per heavy atom. The predicted molar refractivity (Wildman–Crippen MR) is 98.1 cm³/mol. The molecule has 1 amide bonds. The molecule has 1 aromatic heterocycles. The quantitative estimate of drug-likeness (QED) is 0.565. The molecule has 0 unspecified atom stereocenters. The SMILES string of the molecule is CNc1snc(C)c1C(=O)OCC(=O)Nc1ccccc1SCC#N. The summed E-state index contributed by atoms with van der Waals surface area (Å²) in [6.45, 7) is 1.30. The maximum absolute atomic E-state index is 12.2. The predicted octanol–water partition coefficient (Wildman–Crippen LogP) is 2.90. The number of carbonyl (C=O) groups is 2. The van der Waals surface area contributed by atoms with Gasteiger partial charge in [-0.3, -0.25) is 4.79 Å². The molecule has 1 heterocycles. The lowest BCUT2D eigenvalue weighted by molar-refractivity contribution is -0.119. The number of esters is 1. The maximum Gasteiger partial charge on any atom is 0.343 e. The minimum Gasteiger partial charge on any atom is -0.452 e. The Balaban J connectivity index is 1.96. The van der Waals surface area contributed by atoms with E-state index in [-0.39, 0.29) is 5.75 Å². The van der Waals surface area contributed by atoms with Gasteiger partial charge in [-0.1, -0.05) is 12.1 Å². The summed E-state index contributed by atoms with van der Waals surface area (Å²) >= 11 is 2.48. The van der Waals surface area contributed by atoms with Crippen LogP contribution in [-0.4, -0.2) is 35.7 Å². The summed E-state index contributed by atoms with van der Waals surface area (Å²) in [7, 11) is 1.69. The van der Waals surface area contributed by atoms with Crippen molar-refractivity contribution in [3.63, 3.8) is 0 Å². The van der Waals surface area contributed by atoms with Crippen molar-refractivity contribution < 1.29 is 14.3 Å². The van der Waals surface area contributed by atoms with E-state index in [9.17, 15) is 9.59 Å². The van der Waals surface area contributed by atoms with Gasteiger partial charge in [-0.15, -0.1) is 11.8 Å². The molecule has 0 atom stereocenters. The van der Waals surface area contributed by atoms with Gasteiger partial charge in [0.2, 0.25) is 0 Å². The third kappa shape index (κ3) is 4.95. The second-order valence-corrected chi connectivity index (χ2v) is 6.58. The number of benzene rings is 1. The zero-order chi connectivity index (χ0) is 18.2. The Morgan fingerprint density at radius 2 is 2.16 bits per heavy atom. The summed E-state index contributed by atoms with van der Waals surface area (Å²) in [5, 5.41) is 14.8. The lowest BCUT2D eigenvalue weighted by atomic mass is 10.2. The van der Waals surface area contributed by atoms with Crippen LogP contribution in [0.5, 0.6) is 0 Å². The van der Waals surface area contributed by atoms with Gasteiger partial charge in [-0.05, 0) is 30.6 Å². The highest BCUT2D eigenvalue weighted by molar-refractivity contribution is 7.99. The molecule has 130 valence electrons. The second kappa shape index (κ2) is 9.05. The number of para-hydroxylation sites is 1. The minimum absolute atomic E-state index is 0.277. The van der Waals surface area contributed by atoms with Gasteiger partial charge in [0.05, 0.1) is 23.2 Å². The van der Waals surface area contributed by atoms with Crippen LogP contribution < -0.4 is 10.6 Å². The fourth-order valence-corrected chi connectivity index (χ4v) is 3.38. The number of rotatable bonds is 7. The Labute approximate surface area is 153 Å². The van der Waals surface area contributed by atoms with Crippen molar-refractivity contribution >= 4 is 45.9 Å². The molecule has 0 bridgehead atoms. The number of hydrogen-bond acceptors (Lipinski definition) is 8. The highest BCUT2D eigenvalue weighted by Gasteiger charge is 2.20. The summed E-state index contributed by atoms with van der Waals surface area (Å²) in [6.07, 6.45) is 0. The molecule has 0 saturated carbocycles. The van der Waals surface area contributed by atoms with Crippen molar-refractivity contribution in [1.29, 1.82) is 5.26 Å². The fourth-order valence-electron chi connectivity index (χ4n) is 1.98. The molecule has 2 aromatic rings. The lowest BCUT2D eigenvalue weighted by Gasteiger charge is -2.10. The number of hydrogen-bond donors (Lipinski definition) is 2. The Kier molecular flexibility index (Phi) is 6.80. The first kappa shape index (κ1) is 18.8. The van der Waals surface area contributed by atoms with Crippen LogP contribution in [0.2, 0.25) is 0 Å². The molecule has 0 fully saturated rings. The minimum atomic E-state index is -0.599. The van der Waals surface area contributed by atoms with Crippen molar-refractivity contribution in [2.24, 2.45) is 0 Å². The number of aromatic nitrogens is 1. The van der Waals surface area contributed by atoms with E-state index >= 15 is 0 Å². The number of nitrogens with one attached hydrogen (secondary N) is 2. The van der Waals surface area contributed by atoms with Crippen LogP contribution in [-0.2, 0) is 9.53 Å². The van der Waals surface area contributed by atoms with Crippen molar-refractivity contribution in [2.45, 2.75) is 11.8 Å². The number of ether oxygens (including phenoxy) is 1. The molecule has 1 aromatic carbocycles. The Morgan fingerprint density at radius 1 is 1.40 bits per heavy atom. The maximum atomic E-state index is 12.2. The monoisotopic (exact) mass is 376 g/mol. The first-order valence-electron chi connectivity index (χ1n) is 7.26. The standard InChI is InChI=1S/C16H16N4O3S2/c1-10-14(15(18-2)25-20-10)16(22)23-9-13(21)19-11-5-3-4-6-12(11)24-8-7-17/h3-6,18H,8-9H2,1-2H3,(H,19,21). The smallest absolute Gasteiger partial charge is 0.343 e. The summed E-state index contributed by atoms with van der Waals surface area (Å²) in [6, 6.07) is 9.17. The molecule has 9 heteroatoms. The number of carbonyl (C=O) groups excluding carboxylic acids is 2. The summed E-state index contributed by atoms with van der Waals surface area (Å²) in [5.41, 5.74) is 1.47. The summed E-state index contributed by atoms with van der Waals surface area (Å²) in [4.78, 5) is 25.0. The molecule has 0 aliphatic rings. The molecule has 0 spiro atoms. The molecule has 0 radical (unpaired) electrons. The summed E-state index contributed by atoms with van der Waals surface area (Å²) in [5.74, 6) is -0.776. The second-order valence-electron chi connectivity index (χ2n) is 4.79. The van der Waals surface area contributed by atoms with E-state index in [0.717, 1.165) is 16.4 Å². The number of anilines is 2. The summed E-state index contributed by atoms with van der Waals surface area (Å²) < 4.78 is 9.17. The van der Waals surface area contributed by atoms with Crippen LogP contribution in [0.25, 0.3) is 0 Å². The van der Waals surface area contributed by atoms with Gasteiger partial charge in [0.25, 0.3) is 5.91 Å². The van der Waals surface area contributed by atoms with E-state index in [1.54, 1.807) is 26.1 Å². The van der Waals surface area contributed by atoms with Gasteiger partial charge in [-0.25, -0.2) is 4.79 Å². The van der Waals surface area contributed by atoms with Gasteiger partial charge in [-0.2, -0.15) is 9.64 Å². The third-order valence-electron chi connectivity index (χ3n) is 3.08. The van der Waals surface area contributed by atoms with E-state index in [1.807, 2.05) is 18.2 Å². The van der Waals surface area contributed by atoms with E-state index in [0.29, 0.717) is 21.9 Å². The third-order valence-corrected chi connectivity index (χ3v) is 4.98. The molecule has 0 saturated heterocycles. The van der Waals surface area contributed by atoms with Gasteiger partial charge in [0.1, 0.15) is 10.6 Å². The normalized spacial score (nSPS) is 9.96. The number of aryl methyl sites for hydroxylation is 1. The lowest BCUT2D eigenvalue weighted by Crippen LogP contribution is -2.21. The van der Waals surface area contributed by atoms with Gasteiger partial charge >= 0.3 is 5.97 Å². The van der Waals surface area contributed by atoms with Crippen molar-refractivity contribution in [3.8, 4) is 6.07 Å². The van der Waals surface area contributed by atoms with Crippen molar-refractivity contribution in [1.82, 2.24) is 4.37 Å². The number of nitrogens with zero attached hydrogens (tertiary/aromatic N) is 2. The van der Waals surface area contributed by atoms with Crippen LogP contribution in [0.3, 0.4) is 0 Å². The molecule has 2 N–H and O–H groups in total. The van der Waals surface area contributed by atoms with Crippen LogP contribution in [0, 0.1) is 18.3 Å². The average Bonchev–Trinajstić information content (AvgIpc) is 2.99. The largest absolute Gasteiger partial charge is 0.452 e. The topological polar surface area (TPSA) is 104 Å². The molecule has 0 aliphatic carbocycles. The first-order chi connectivity index (χ1) is 12.1. The molecular formula is C16H16N4O3S2. The van der Waals surface area contributed by atoms with E-state index < -0.39 is 18.5 Å². The number of amides is 1. The van der Waals surface area contributed by atoms with Crippen molar-refractivity contribution in [3.05, 3.63) is 35.5 Å². The zero-order valence-corrected chi connectivity index (χ0v) is 15.3. The van der Waals surface area contributed by atoms with Crippen LogP contribution in [0.15, 0.2) is 29.2 Å². The van der Waals surface area contributed by atoms with Crippen LogP contribution >= 0.6 is 23.3 Å². The van der Waals surface area contributed by atoms with Gasteiger partial charge < -0.3 is 15.4 Å². The Bertz CT molecular complexity index is 814. The highest BCUT2D eigenvalue weighted by Crippen LogP contribution is 2.27. The molecule has 25 heavy (non-hydrogen) atoms. The van der Waals surface area contributed by atoms with E-state index in [4.69, 9.17) is 10.00 Å². The van der Waals surface area contributed by atoms with E-state index in [2.05, 4.69) is 15.0 Å².